The van der Waals surface area contributed by atoms with Gasteiger partial charge in [0.25, 0.3) is 5.91 Å². The maximum atomic E-state index is 12.4. The standard InChI is InChI=1S/C22H32N4O3/c1-16-3-2-8-23-21(16)22(28)24-11-19-14-26(20(27)15-29-19)13-18-6-9-25(10-7-18)12-17-4-5-17/h2-3,8,17-19H,4-7,9-15H2,1H3,(H,24,28)/t19-/m1/s1. The number of nitrogens with one attached hydrogen (secondary N) is 1. The van der Waals surface area contributed by atoms with E-state index in [1.807, 2.05) is 24.0 Å². The van der Waals surface area contributed by atoms with Crippen LogP contribution in [0.15, 0.2) is 18.3 Å². The molecule has 158 valence electrons. The van der Waals surface area contributed by atoms with Crippen molar-refractivity contribution < 1.29 is 14.3 Å². The molecule has 1 aliphatic carbocycles. The van der Waals surface area contributed by atoms with Gasteiger partial charge in [-0.2, -0.15) is 0 Å². The minimum absolute atomic E-state index is 0.0635. The summed E-state index contributed by atoms with van der Waals surface area (Å²) >= 11 is 0. The molecule has 1 aromatic heterocycles. The highest BCUT2D eigenvalue weighted by Crippen LogP contribution is 2.31. The quantitative estimate of drug-likeness (QED) is 0.750. The Labute approximate surface area is 172 Å². The summed E-state index contributed by atoms with van der Waals surface area (Å²) < 4.78 is 5.66. The van der Waals surface area contributed by atoms with Gasteiger partial charge in [0.2, 0.25) is 5.91 Å². The summed E-state index contributed by atoms with van der Waals surface area (Å²) in [7, 11) is 0. The molecule has 29 heavy (non-hydrogen) atoms. The second kappa shape index (κ2) is 9.22. The molecule has 3 aliphatic rings. The zero-order chi connectivity index (χ0) is 20.2. The van der Waals surface area contributed by atoms with Crippen LogP contribution in [0.4, 0.5) is 0 Å². The Morgan fingerprint density at radius 1 is 1.21 bits per heavy atom. The van der Waals surface area contributed by atoms with Crippen molar-refractivity contribution in [2.75, 3.05) is 45.9 Å². The first-order valence-corrected chi connectivity index (χ1v) is 10.9. The van der Waals surface area contributed by atoms with Crippen molar-refractivity contribution in [3.8, 4) is 0 Å². The number of carbonyl (C=O) groups excluding carboxylic acids is 2. The number of morpholine rings is 1. The summed E-state index contributed by atoms with van der Waals surface area (Å²) in [5.41, 5.74) is 1.29. The number of pyridine rings is 1. The Bertz CT molecular complexity index is 729. The summed E-state index contributed by atoms with van der Waals surface area (Å²) in [6.07, 6.45) is 6.58. The molecule has 1 aromatic rings. The van der Waals surface area contributed by atoms with Crippen LogP contribution < -0.4 is 5.32 Å². The number of ether oxygens (including phenoxy) is 1. The van der Waals surface area contributed by atoms with Gasteiger partial charge in [-0.3, -0.25) is 14.6 Å². The molecule has 0 aromatic carbocycles. The lowest BCUT2D eigenvalue weighted by atomic mass is 9.95. The van der Waals surface area contributed by atoms with Crippen LogP contribution in [0.25, 0.3) is 0 Å². The zero-order valence-electron chi connectivity index (χ0n) is 17.3. The first-order valence-electron chi connectivity index (χ1n) is 10.9. The first-order chi connectivity index (χ1) is 14.1. The van der Waals surface area contributed by atoms with E-state index >= 15 is 0 Å². The van der Waals surface area contributed by atoms with Crippen molar-refractivity contribution in [2.24, 2.45) is 11.8 Å². The number of hydrogen-bond donors (Lipinski definition) is 1. The number of aryl methyl sites for hydroxylation is 1. The Morgan fingerprint density at radius 2 is 1.97 bits per heavy atom. The highest BCUT2D eigenvalue weighted by molar-refractivity contribution is 5.93. The number of nitrogens with zero attached hydrogens (tertiary/aromatic N) is 3. The van der Waals surface area contributed by atoms with Crippen LogP contribution in [-0.2, 0) is 9.53 Å². The van der Waals surface area contributed by atoms with Crippen molar-refractivity contribution in [3.63, 3.8) is 0 Å². The van der Waals surface area contributed by atoms with E-state index in [9.17, 15) is 9.59 Å². The van der Waals surface area contributed by atoms with Crippen LogP contribution in [-0.4, -0.2) is 78.6 Å². The SMILES string of the molecule is Cc1cccnc1C(=O)NC[C@@H]1CN(CC2CCN(CC3CC3)CC2)C(=O)CO1. The third-order valence-corrected chi connectivity index (χ3v) is 6.33. The maximum Gasteiger partial charge on any atom is 0.270 e. The highest BCUT2D eigenvalue weighted by Gasteiger charge is 2.31. The molecule has 1 saturated carbocycles. The third-order valence-electron chi connectivity index (χ3n) is 6.33. The number of likely N-dealkylation sites (tertiary alicyclic amines) is 1. The second-order valence-corrected chi connectivity index (χ2v) is 8.80. The second-order valence-electron chi connectivity index (χ2n) is 8.80. The molecule has 3 heterocycles. The monoisotopic (exact) mass is 400 g/mol. The van der Waals surface area contributed by atoms with Gasteiger partial charge in [0, 0.05) is 32.4 Å². The molecule has 7 heteroatoms. The summed E-state index contributed by atoms with van der Waals surface area (Å²) in [5, 5.41) is 2.91. The largest absolute Gasteiger partial charge is 0.365 e. The average molecular weight is 401 g/mol. The van der Waals surface area contributed by atoms with Gasteiger partial charge >= 0.3 is 0 Å². The van der Waals surface area contributed by atoms with E-state index in [-0.39, 0.29) is 24.5 Å². The van der Waals surface area contributed by atoms with Crippen LogP contribution in [0.1, 0.15) is 41.7 Å². The fourth-order valence-electron chi connectivity index (χ4n) is 4.32. The predicted molar refractivity (Wildman–Crippen MR) is 110 cm³/mol. The smallest absolute Gasteiger partial charge is 0.270 e. The van der Waals surface area contributed by atoms with E-state index in [0.717, 1.165) is 44.0 Å². The number of piperidine rings is 1. The maximum absolute atomic E-state index is 12.4. The molecule has 3 fully saturated rings. The molecule has 4 rings (SSSR count). The topological polar surface area (TPSA) is 74.8 Å². The first kappa shape index (κ1) is 20.3. The Morgan fingerprint density at radius 3 is 2.69 bits per heavy atom. The number of carbonyl (C=O) groups is 2. The molecule has 0 bridgehead atoms. The Kier molecular flexibility index (Phi) is 6.45. The van der Waals surface area contributed by atoms with E-state index in [1.165, 1.54) is 19.4 Å². The van der Waals surface area contributed by atoms with Crippen molar-refractivity contribution in [1.29, 1.82) is 0 Å². The van der Waals surface area contributed by atoms with Gasteiger partial charge in [0.05, 0.1) is 6.10 Å². The van der Waals surface area contributed by atoms with Crippen molar-refractivity contribution >= 4 is 11.8 Å². The van der Waals surface area contributed by atoms with E-state index in [0.29, 0.717) is 24.7 Å². The van der Waals surface area contributed by atoms with Gasteiger partial charge in [-0.15, -0.1) is 0 Å². The molecule has 2 amide bonds. The normalized spacial score (nSPS) is 24.0. The van der Waals surface area contributed by atoms with E-state index in [4.69, 9.17) is 4.74 Å². The van der Waals surface area contributed by atoms with E-state index in [2.05, 4.69) is 15.2 Å². The van der Waals surface area contributed by atoms with E-state index < -0.39 is 0 Å². The lowest BCUT2D eigenvalue weighted by Crippen LogP contribution is -2.52. The molecule has 0 spiro atoms. The van der Waals surface area contributed by atoms with Gasteiger partial charge in [-0.25, -0.2) is 0 Å². The lowest BCUT2D eigenvalue weighted by Gasteiger charge is -2.38. The van der Waals surface area contributed by atoms with Crippen LogP contribution in [0, 0.1) is 18.8 Å². The van der Waals surface area contributed by atoms with Crippen molar-refractivity contribution in [3.05, 3.63) is 29.6 Å². The molecule has 0 unspecified atom stereocenters. The number of hydrogen-bond acceptors (Lipinski definition) is 5. The number of rotatable bonds is 7. The Balaban J connectivity index is 1.22. The van der Waals surface area contributed by atoms with Gasteiger partial charge in [0.1, 0.15) is 12.3 Å². The van der Waals surface area contributed by atoms with Gasteiger partial charge < -0.3 is 19.9 Å². The number of amides is 2. The average Bonchev–Trinajstić information content (AvgIpc) is 3.54. The fourth-order valence-corrected chi connectivity index (χ4v) is 4.32. The highest BCUT2D eigenvalue weighted by atomic mass is 16.5. The predicted octanol–water partition coefficient (Wildman–Crippen LogP) is 1.47. The summed E-state index contributed by atoms with van der Waals surface area (Å²) in [4.78, 5) is 33.4. The fraction of sp³-hybridized carbons (Fsp3) is 0.682. The van der Waals surface area contributed by atoms with Gasteiger partial charge in [0.15, 0.2) is 0 Å². The summed E-state index contributed by atoms with van der Waals surface area (Å²) in [5.74, 6) is 1.38. The minimum atomic E-state index is -0.196. The van der Waals surface area contributed by atoms with Gasteiger partial charge in [-0.1, -0.05) is 6.07 Å². The molecule has 1 atom stereocenters. The Hall–Kier alpha value is -1.99. The lowest BCUT2D eigenvalue weighted by molar-refractivity contribution is -0.149. The minimum Gasteiger partial charge on any atom is -0.365 e. The molecular weight excluding hydrogens is 368 g/mol. The van der Waals surface area contributed by atoms with Gasteiger partial charge in [-0.05, 0) is 69.2 Å². The molecule has 2 aliphatic heterocycles. The molecule has 0 radical (unpaired) electrons. The summed E-state index contributed by atoms with van der Waals surface area (Å²) in [6.45, 7) is 7.29. The van der Waals surface area contributed by atoms with E-state index in [1.54, 1.807) is 6.20 Å². The van der Waals surface area contributed by atoms with Crippen LogP contribution >= 0.6 is 0 Å². The van der Waals surface area contributed by atoms with Crippen molar-refractivity contribution in [2.45, 2.75) is 38.7 Å². The summed E-state index contributed by atoms with van der Waals surface area (Å²) in [6, 6.07) is 3.69. The molecular formula is C22H32N4O3. The van der Waals surface area contributed by atoms with Crippen LogP contribution in [0.5, 0.6) is 0 Å². The molecule has 1 N–H and O–H groups in total. The van der Waals surface area contributed by atoms with Crippen molar-refractivity contribution in [1.82, 2.24) is 20.1 Å². The molecule has 2 saturated heterocycles. The number of aromatic nitrogens is 1. The van der Waals surface area contributed by atoms with Crippen LogP contribution in [0.2, 0.25) is 0 Å². The third kappa shape index (κ3) is 5.54. The molecule has 7 nitrogen and oxygen atoms in total. The zero-order valence-corrected chi connectivity index (χ0v) is 17.3. The van der Waals surface area contributed by atoms with Crippen LogP contribution in [0.3, 0.4) is 0 Å².